The van der Waals surface area contributed by atoms with E-state index in [1.165, 1.54) is 0 Å². The number of aryl methyl sites for hydroxylation is 1. The highest BCUT2D eigenvalue weighted by Crippen LogP contribution is 2.29. The van der Waals surface area contributed by atoms with Gasteiger partial charge in [0, 0.05) is 12.7 Å². The predicted molar refractivity (Wildman–Crippen MR) is 65.8 cm³/mol. The largest absolute Gasteiger partial charge is 0.386 e. The summed E-state index contributed by atoms with van der Waals surface area (Å²) >= 11 is 0. The molecule has 1 N–H and O–H groups in total. The van der Waals surface area contributed by atoms with Gasteiger partial charge in [-0.05, 0) is 25.0 Å². The molecule has 0 aliphatic carbocycles. The highest BCUT2D eigenvalue weighted by atomic mass is 16.3. The second-order valence-electron chi connectivity index (χ2n) is 5.34. The van der Waals surface area contributed by atoms with Crippen molar-refractivity contribution in [1.82, 2.24) is 9.47 Å². The first kappa shape index (κ1) is 12.2. The predicted octanol–water partition coefficient (Wildman–Crippen LogP) is 1.18. The number of β-amino-alcohol motifs (C(OH)–C–C–N with tert-alkyl or cyclic N) is 1. The summed E-state index contributed by atoms with van der Waals surface area (Å²) in [7, 11) is 1.89. The number of rotatable bonds is 2. The molecule has 2 rings (SSSR count). The molecule has 0 radical (unpaired) electrons. The standard InChI is InChI=1S/C13H20N2O2/c1-9(2)13(17)7-15(8-13)12(16)11-6-5-10(3)14(11)4/h5-6,9,17H,7-8H2,1-4H3. The number of hydrogen-bond donors (Lipinski definition) is 1. The summed E-state index contributed by atoms with van der Waals surface area (Å²) in [6, 6.07) is 3.77. The molecule has 1 fully saturated rings. The average Bonchev–Trinajstić information content (AvgIpc) is 2.54. The second kappa shape index (κ2) is 3.88. The van der Waals surface area contributed by atoms with Crippen LogP contribution in [0, 0.1) is 12.8 Å². The Balaban J connectivity index is 2.08. The maximum Gasteiger partial charge on any atom is 0.270 e. The maximum atomic E-state index is 12.2. The van der Waals surface area contributed by atoms with Crippen LogP contribution < -0.4 is 0 Å². The van der Waals surface area contributed by atoms with E-state index in [4.69, 9.17) is 0 Å². The van der Waals surface area contributed by atoms with E-state index in [-0.39, 0.29) is 11.8 Å². The third-order valence-corrected chi connectivity index (χ3v) is 3.88. The average molecular weight is 236 g/mol. The number of aliphatic hydroxyl groups is 1. The van der Waals surface area contributed by atoms with E-state index in [1.807, 2.05) is 44.5 Å². The minimum atomic E-state index is -0.699. The number of nitrogens with zero attached hydrogens (tertiary/aromatic N) is 2. The van der Waals surface area contributed by atoms with Gasteiger partial charge in [0.15, 0.2) is 0 Å². The lowest BCUT2D eigenvalue weighted by molar-refractivity contribution is -0.111. The molecule has 2 heterocycles. The smallest absolute Gasteiger partial charge is 0.270 e. The first-order valence-electron chi connectivity index (χ1n) is 5.99. The summed E-state index contributed by atoms with van der Waals surface area (Å²) < 4.78 is 1.88. The molecule has 4 heteroatoms. The van der Waals surface area contributed by atoms with Crippen LogP contribution in [0.25, 0.3) is 0 Å². The molecule has 1 saturated heterocycles. The van der Waals surface area contributed by atoms with Crippen LogP contribution in [-0.2, 0) is 7.05 Å². The molecule has 4 nitrogen and oxygen atoms in total. The first-order chi connectivity index (χ1) is 7.85. The number of likely N-dealkylation sites (tertiary alicyclic amines) is 1. The highest BCUT2D eigenvalue weighted by Gasteiger charge is 2.46. The molecular formula is C13H20N2O2. The summed E-state index contributed by atoms with van der Waals surface area (Å²) in [5.74, 6) is 0.188. The van der Waals surface area contributed by atoms with E-state index < -0.39 is 5.60 Å². The van der Waals surface area contributed by atoms with Crippen molar-refractivity contribution in [2.24, 2.45) is 13.0 Å². The van der Waals surface area contributed by atoms with Gasteiger partial charge in [-0.2, -0.15) is 0 Å². The SMILES string of the molecule is Cc1ccc(C(=O)N2CC(O)(C(C)C)C2)n1C. The molecule has 1 aliphatic heterocycles. The number of hydrogen-bond acceptors (Lipinski definition) is 2. The second-order valence-corrected chi connectivity index (χ2v) is 5.34. The summed E-state index contributed by atoms with van der Waals surface area (Å²) in [6.45, 7) is 6.81. The van der Waals surface area contributed by atoms with Crippen LogP contribution in [0.4, 0.5) is 0 Å². The van der Waals surface area contributed by atoms with Gasteiger partial charge in [-0.3, -0.25) is 4.79 Å². The van der Waals surface area contributed by atoms with Crippen molar-refractivity contribution in [3.63, 3.8) is 0 Å². The molecule has 1 aromatic rings. The van der Waals surface area contributed by atoms with Crippen molar-refractivity contribution in [2.75, 3.05) is 13.1 Å². The van der Waals surface area contributed by atoms with Gasteiger partial charge in [0.2, 0.25) is 0 Å². The fraction of sp³-hybridized carbons (Fsp3) is 0.615. The highest BCUT2D eigenvalue weighted by molar-refractivity contribution is 5.93. The lowest BCUT2D eigenvalue weighted by atomic mass is 9.83. The van der Waals surface area contributed by atoms with Gasteiger partial charge >= 0.3 is 0 Å². The van der Waals surface area contributed by atoms with E-state index in [1.54, 1.807) is 4.90 Å². The molecular weight excluding hydrogens is 216 g/mol. The fourth-order valence-electron chi connectivity index (χ4n) is 2.11. The van der Waals surface area contributed by atoms with E-state index in [2.05, 4.69) is 0 Å². The van der Waals surface area contributed by atoms with Gasteiger partial charge in [0.05, 0.1) is 13.1 Å². The molecule has 94 valence electrons. The van der Waals surface area contributed by atoms with Crippen molar-refractivity contribution in [2.45, 2.75) is 26.4 Å². The van der Waals surface area contributed by atoms with Crippen molar-refractivity contribution in [1.29, 1.82) is 0 Å². The van der Waals surface area contributed by atoms with Crippen LogP contribution in [0.5, 0.6) is 0 Å². The summed E-state index contributed by atoms with van der Waals surface area (Å²) in [6.07, 6.45) is 0. The molecule has 0 unspecified atom stereocenters. The molecule has 17 heavy (non-hydrogen) atoms. The fourth-order valence-corrected chi connectivity index (χ4v) is 2.11. The molecule has 1 aromatic heterocycles. The van der Waals surface area contributed by atoms with Crippen LogP contribution >= 0.6 is 0 Å². The molecule has 1 aliphatic rings. The Hall–Kier alpha value is -1.29. The van der Waals surface area contributed by atoms with Gasteiger partial charge in [-0.15, -0.1) is 0 Å². The van der Waals surface area contributed by atoms with Crippen LogP contribution in [-0.4, -0.2) is 39.2 Å². The van der Waals surface area contributed by atoms with Crippen LogP contribution in [0.15, 0.2) is 12.1 Å². The maximum absolute atomic E-state index is 12.2. The minimum Gasteiger partial charge on any atom is -0.386 e. The van der Waals surface area contributed by atoms with Crippen molar-refractivity contribution in [3.05, 3.63) is 23.5 Å². The molecule has 0 atom stereocenters. The van der Waals surface area contributed by atoms with E-state index in [0.717, 1.165) is 5.69 Å². The third-order valence-electron chi connectivity index (χ3n) is 3.88. The third kappa shape index (κ3) is 1.86. The monoisotopic (exact) mass is 236 g/mol. The van der Waals surface area contributed by atoms with Gasteiger partial charge in [-0.25, -0.2) is 0 Å². The van der Waals surface area contributed by atoms with Crippen LogP contribution in [0.3, 0.4) is 0 Å². The Labute approximate surface area is 102 Å². The zero-order chi connectivity index (χ0) is 12.8. The molecule has 0 saturated carbocycles. The van der Waals surface area contributed by atoms with E-state index in [0.29, 0.717) is 18.8 Å². The lowest BCUT2D eigenvalue weighted by Gasteiger charge is -2.49. The van der Waals surface area contributed by atoms with Crippen molar-refractivity contribution in [3.8, 4) is 0 Å². The van der Waals surface area contributed by atoms with Gasteiger partial charge < -0.3 is 14.6 Å². The molecule has 0 aromatic carbocycles. The Morgan fingerprint density at radius 2 is 2.00 bits per heavy atom. The summed E-state index contributed by atoms with van der Waals surface area (Å²) in [5, 5.41) is 10.1. The zero-order valence-electron chi connectivity index (χ0n) is 10.9. The van der Waals surface area contributed by atoms with Crippen molar-refractivity contribution < 1.29 is 9.90 Å². The quantitative estimate of drug-likeness (QED) is 0.838. The summed E-state index contributed by atoms with van der Waals surface area (Å²) in [5.41, 5.74) is 1.05. The van der Waals surface area contributed by atoms with E-state index >= 15 is 0 Å². The van der Waals surface area contributed by atoms with Crippen molar-refractivity contribution >= 4 is 5.91 Å². The number of carbonyl (C=O) groups is 1. The first-order valence-corrected chi connectivity index (χ1v) is 5.99. The topological polar surface area (TPSA) is 45.5 Å². The van der Waals surface area contributed by atoms with E-state index in [9.17, 15) is 9.90 Å². The van der Waals surface area contributed by atoms with Gasteiger partial charge in [0.1, 0.15) is 11.3 Å². The Kier molecular flexibility index (Phi) is 2.78. The number of carbonyl (C=O) groups excluding carboxylic acids is 1. The lowest BCUT2D eigenvalue weighted by Crippen LogP contribution is -2.66. The number of aromatic nitrogens is 1. The number of amides is 1. The minimum absolute atomic E-state index is 0.00549. The Morgan fingerprint density at radius 1 is 1.41 bits per heavy atom. The van der Waals surface area contributed by atoms with Crippen LogP contribution in [0.1, 0.15) is 30.0 Å². The Bertz CT molecular complexity index is 442. The normalized spacial score (nSPS) is 18.4. The van der Waals surface area contributed by atoms with Gasteiger partial charge in [-0.1, -0.05) is 13.8 Å². The molecule has 0 spiro atoms. The summed E-state index contributed by atoms with van der Waals surface area (Å²) in [4.78, 5) is 13.9. The molecule has 1 amide bonds. The molecule has 0 bridgehead atoms. The Morgan fingerprint density at radius 3 is 2.41 bits per heavy atom. The van der Waals surface area contributed by atoms with Gasteiger partial charge in [0.25, 0.3) is 5.91 Å². The zero-order valence-corrected chi connectivity index (χ0v) is 10.9. The van der Waals surface area contributed by atoms with Crippen LogP contribution in [0.2, 0.25) is 0 Å².